The third-order valence-corrected chi connectivity index (χ3v) is 4.08. The van der Waals surface area contributed by atoms with Gasteiger partial charge in [-0.1, -0.05) is 54.6 Å². The molecule has 0 bridgehead atoms. The molecule has 0 unspecified atom stereocenters. The minimum Gasteiger partial charge on any atom is -0.126 e. The lowest BCUT2D eigenvalue weighted by molar-refractivity contribution is 0.737. The van der Waals surface area contributed by atoms with Crippen molar-refractivity contribution in [2.45, 2.75) is 11.3 Å². The molecule has 0 aliphatic heterocycles. The van der Waals surface area contributed by atoms with Crippen molar-refractivity contribution in [1.82, 2.24) is 0 Å². The third-order valence-electron chi connectivity index (χ3n) is 2.88. The fraction of sp³-hybridized carbons (Fsp3) is 0.176. The van der Waals surface area contributed by atoms with Crippen LogP contribution >= 0.6 is 11.8 Å². The highest BCUT2D eigenvalue weighted by Crippen LogP contribution is 2.22. The van der Waals surface area contributed by atoms with Gasteiger partial charge in [-0.25, -0.2) is 0 Å². The van der Waals surface area contributed by atoms with Gasteiger partial charge in [-0.15, -0.1) is 18.3 Å². The molecule has 0 aliphatic carbocycles. The molecule has 2 aromatic carbocycles. The first-order valence-corrected chi connectivity index (χ1v) is 7.21. The van der Waals surface area contributed by atoms with Gasteiger partial charge in [0.1, 0.15) is 0 Å². The molecule has 0 spiro atoms. The molecule has 0 fully saturated rings. The SMILES string of the molecule is C=C[C@H](CSc1ccccc1)Cc1ccccc1. The lowest BCUT2D eigenvalue weighted by atomic mass is 10.0. The maximum atomic E-state index is 3.96. The van der Waals surface area contributed by atoms with Gasteiger partial charge in [-0.2, -0.15) is 0 Å². The van der Waals surface area contributed by atoms with Gasteiger partial charge >= 0.3 is 0 Å². The first-order valence-electron chi connectivity index (χ1n) is 6.23. The minimum atomic E-state index is 0.526. The maximum absolute atomic E-state index is 3.96. The molecule has 0 saturated heterocycles. The van der Waals surface area contributed by atoms with E-state index < -0.39 is 0 Å². The Morgan fingerprint density at radius 1 is 0.944 bits per heavy atom. The van der Waals surface area contributed by atoms with Crippen molar-refractivity contribution in [2.75, 3.05) is 5.75 Å². The van der Waals surface area contributed by atoms with Crippen LogP contribution in [0.1, 0.15) is 5.56 Å². The highest BCUT2D eigenvalue weighted by Gasteiger charge is 2.06. The number of thioether (sulfide) groups is 1. The molecule has 92 valence electrons. The summed E-state index contributed by atoms with van der Waals surface area (Å²) in [5, 5.41) is 0. The summed E-state index contributed by atoms with van der Waals surface area (Å²) in [5.74, 6) is 1.61. The van der Waals surface area contributed by atoms with Crippen molar-refractivity contribution in [2.24, 2.45) is 5.92 Å². The number of hydrogen-bond acceptors (Lipinski definition) is 1. The zero-order valence-corrected chi connectivity index (χ0v) is 11.3. The summed E-state index contributed by atoms with van der Waals surface area (Å²) in [6.45, 7) is 3.96. The van der Waals surface area contributed by atoms with Crippen LogP contribution in [-0.4, -0.2) is 5.75 Å². The number of rotatable bonds is 6. The van der Waals surface area contributed by atoms with Crippen molar-refractivity contribution in [3.63, 3.8) is 0 Å². The summed E-state index contributed by atoms with van der Waals surface area (Å²) < 4.78 is 0. The summed E-state index contributed by atoms with van der Waals surface area (Å²) in [6.07, 6.45) is 3.15. The van der Waals surface area contributed by atoms with Crippen LogP contribution in [0.15, 0.2) is 78.2 Å². The Balaban J connectivity index is 1.88. The summed E-state index contributed by atoms with van der Waals surface area (Å²) in [4.78, 5) is 1.33. The minimum absolute atomic E-state index is 0.526. The van der Waals surface area contributed by atoms with E-state index in [1.54, 1.807) is 0 Å². The van der Waals surface area contributed by atoms with Crippen molar-refractivity contribution >= 4 is 11.8 Å². The lowest BCUT2D eigenvalue weighted by Gasteiger charge is -2.12. The number of hydrogen-bond donors (Lipinski definition) is 0. The highest BCUT2D eigenvalue weighted by molar-refractivity contribution is 7.99. The molecule has 0 aromatic heterocycles. The molecular formula is C17H18S. The van der Waals surface area contributed by atoms with Crippen LogP contribution in [0.25, 0.3) is 0 Å². The van der Waals surface area contributed by atoms with E-state index in [-0.39, 0.29) is 0 Å². The second-order valence-corrected chi connectivity index (χ2v) is 5.40. The molecule has 2 aromatic rings. The third kappa shape index (κ3) is 4.08. The van der Waals surface area contributed by atoms with Gasteiger partial charge in [-0.05, 0) is 30.0 Å². The van der Waals surface area contributed by atoms with Crippen molar-refractivity contribution < 1.29 is 0 Å². The fourth-order valence-corrected chi connectivity index (χ4v) is 2.86. The number of allylic oxidation sites excluding steroid dienone is 1. The lowest BCUT2D eigenvalue weighted by Crippen LogP contribution is -2.04. The Morgan fingerprint density at radius 2 is 1.56 bits per heavy atom. The standard InChI is InChI=1S/C17H18S/c1-2-15(13-16-9-5-3-6-10-16)14-18-17-11-7-4-8-12-17/h2-12,15H,1,13-14H2/t15-/m0/s1. The van der Waals surface area contributed by atoms with Crippen molar-refractivity contribution in [1.29, 1.82) is 0 Å². The molecule has 2 rings (SSSR count). The molecule has 0 amide bonds. The van der Waals surface area contributed by atoms with E-state index in [0.717, 1.165) is 12.2 Å². The van der Waals surface area contributed by atoms with E-state index in [4.69, 9.17) is 0 Å². The van der Waals surface area contributed by atoms with Gasteiger partial charge in [0.25, 0.3) is 0 Å². The van der Waals surface area contributed by atoms with Gasteiger partial charge in [0.2, 0.25) is 0 Å². The molecule has 0 heterocycles. The molecule has 18 heavy (non-hydrogen) atoms. The molecule has 0 N–H and O–H groups in total. The summed E-state index contributed by atoms with van der Waals surface area (Å²) in [6, 6.07) is 21.2. The van der Waals surface area contributed by atoms with Gasteiger partial charge in [0.15, 0.2) is 0 Å². The highest BCUT2D eigenvalue weighted by atomic mass is 32.2. The molecule has 0 saturated carbocycles. The monoisotopic (exact) mass is 254 g/mol. The van der Waals surface area contributed by atoms with Crippen molar-refractivity contribution in [3.8, 4) is 0 Å². The van der Waals surface area contributed by atoms with Gasteiger partial charge in [0.05, 0.1) is 0 Å². The Bertz CT molecular complexity index is 461. The molecule has 0 aliphatic rings. The van der Waals surface area contributed by atoms with Gasteiger partial charge in [0, 0.05) is 10.6 Å². The van der Waals surface area contributed by atoms with E-state index in [0.29, 0.717) is 5.92 Å². The molecule has 1 heteroatoms. The van der Waals surface area contributed by atoms with E-state index in [1.165, 1.54) is 10.5 Å². The Labute approximate surface area is 114 Å². The largest absolute Gasteiger partial charge is 0.126 e. The predicted octanol–water partition coefficient (Wildman–Crippen LogP) is 4.82. The van der Waals surface area contributed by atoms with Crippen LogP contribution < -0.4 is 0 Å². The Hall–Kier alpha value is -1.47. The smallest absolute Gasteiger partial charge is 0.00721 e. The summed E-state index contributed by atoms with van der Waals surface area (Å²) in [7, 11) is 0. The maximum Gasteiger partial charge on any atom is 0.00721 e. The first-order chi connectivity index (χ1) is 8.88. The average Bonchev–Trinajstić information content (AvgIpc) is 2.45. The van der Waals surface area contributed by atoms with Crippen LogP contribution in [-0.2, 0) is 6.42 Å². The summed E-state index contributed by atoms with van der Waals surface area (Å²) >= 11 is 1.90. The normalized spacial score (nSPS) is 12.0. The van der Waals surface area contributed by atoms with Gasteiger partial charge in [-0.3, -0.25) is 0 Å². The Morgan fingerprint density at radius 3 is 2.17 bits per heavy atom. The molecular weight excluding hydrogens is 236 g/mol. The topological polar surface area (TPSA) is 0 Å². The van der Waals surface area contributed by atoms with E-state index in [2.05, 4.69) is 73.3 Å². The second kappa shape index (κ2) is 7.07. The number of benzene rings is 2. The molecule has 0 nitrogen and oxygen atoms in total. The van der Waals surface area contributed by atoms with E-state index >= 15 is 0 Å². The second-order valence-electron chi connectivity index (χ2n) is 4.31. The first kappa shape index (κ1) is 13.0. The van der Waals surface area contributed by atoms with Crippen LogP contribution in [0, 0.1) is 5.92 Å². The quantitative estimate of drug-likeness (QED) is 0.526. The Kier molecular flexibility index (Phi) is 5.10. The predicted molar refractivity (Wildman–Crippen MR) is 81.0 cm³/mol. The van der Waals surface area contributed by atoms with Crippen molar-refractivity contribution in [3.05, 3.63) is 78.9 Å². The fourth-order valence-electron chi connectivity index (χ4n) is 1.85. The van der Waals surface area contributed by atoms with Crippen LogP contribution in [0.5, 0.6) is 0 Å². The van der Waals surface area contributed by atoms with Crippen LogP contribution in [0.4, 0.5) is 0 Å². The van der Waals surface area contributed by atoms with Crippen LogP contribution in [0.2, 0.25) is 0 Å². The zero-order chi connectivity index (χ0) is 12.6. The summed E-state index contributed by atoms with van der Waals surface area (Å²) in [5.41, 5.74) is 1.39. The van der Waals surface area contributed by atoms with E-state index in [9.17, 15) is 0 Å². The van der Waals surface area contributed by atoms with Gasteiger partial charge < -0.3 is 0 Å². The van der Waals surface area contributed by atoms with Crippen LogP contribution in [0.3, 0.4) is 0 Å². The zero-order valence-electron chi connectivity index (χ0n) is 10.5. The van der Waals surface area contributed by atoms with E-state index in [1.807, 2.05) is 11.8 Å². The molecule has 1 atom stereocenters. The average molecular weight is 254 g/mol. The molecule has 0 radical (unpaired) electrons.